The van der Waals surface area contributed by atoms with Gasteiger partial charge >= 0.3 is 0 Å². The first-order valence-electron chi connectivity index (χ1n) is 6.61. The molecule has 0 aliphatic carbocycles. The van der Waals surface area contributed by atoms with E-state index in [2.05, 4.69) is 9.98 Å². The predicted octanol–water partition coefficient (Wildman–Crippen LogP) is 4.25. The van der Waals surface area contributed by atoms with Crippen LogP contribution in [-0.4, -0.2) is 21.2 Å². The van der Waals surface area contributed by atoms with E-state index < -0.39 is 4.92 Å². The van der Waals surface area contributed by atoms with Gasteiger partial charge in [-0.2, -0.15) is 0 Å². The molecule has 114 valence electrons. The maximum atomic E-state index is 10.8. The van der Waals surface area contributed by atoms with Gasteiger partial charge in [0.1, 0.15) is 16.6 Å². The molecule has 7 heteroatoms. The summed E-state index contributed by atoms with van der Waals surface area (Å²) in [6.07, 6.45) is 1.42. The van der Waals surface area contributed by atoms with Crippen molar-refractivity contribution in [1.29, 1.82) is 0 Å². The first kappa shape index (κ1) is 14.9. The standard InChI is InChI=1S/C16H10ClN3O3/c17-16-11(7-10-3-1-2-4-13(10)19-16)9-18-14-8-12(20(22)23)5-6-15(14)21/h1-9,21H. The molecule has 2 aromatic carbocycles. The van der Waals surface area contributed by atoms with E-state index in [1.807, 2.05) is 30.3 Å². The molecular formula is C16H10ClN3O3. The lowest BCUT2D eigenvalue weighted by Crippen LogP contribution is -1.89. The Labute approximate surface area is 135 Å². The maximum Gasteiger partial charge on any atom is 0.271 e. The Balaban J connectivity index is 2.01. The number of hydrogen-bond acceptors (Lipinski definition) is 5. The Bertz CT molecular complexity index is 941. The van der Waals surface area contributed by atoms with Crippen LogP contribution in [0.25, 0.3) is 10.9 Å². The quantitative estimate of drug-likeness (QED) is 0.337. The monoisotopic (exact) mass is 327 g/mol. The van der Waals surface area contributed by atoms with Gasteiger partial charge in [0.15, 0.2) is 0 Å². The number of pyridine rings is 1. The fourth-order valence-corrected chi connectivity index (χ4v) is 2.26. The largest absolute Gasteiger partial charge is 0.506 e. The van der Waals surface area contributed by atoms with Crippen LogP contribution in [0, 0.1) is 10.1 Å². The smallest absolute Gasteiger partial charge is 0.271 e. The highest BCUT2D eigenvalue weighted by atomic mass is 35.5. The van der Waals surface area contributed by atoms with Gasteiger partial charge in [0.2, 0.25) is 0 Å². The first-order chi connectivity index (χ1) is 11.0. The van der Waals surface area contributed by atoms with Gasteiger partial charge in [0.25, 0.3) is 5.69 Å². The summed E-state index contributed by atoms with van der Waals surface area (Å²) < 4.78 is 0. The molecule has 1 N–H and O–H groups in total. The van der Waals surface area contributed by atoms with E-state index in [1.165, 1.54) is 24.4 Å². The van der Waals surface area contributed by atoms with Gasteiger partial charge in [-0.1, -0.05) is 29.8 Å². The SMILES string of the molecule is O=[N+]([O-])c1ccc(O)c(N=Cc2cc3ccccc3nc2Cl)c1. The Morgan fingerprint density at radius 2 is 2.00 bits per heavy atom. The van der Waals surface area contributed by atoms with Crippen LogP contribution in [0.3, 0.4) is 0 Å². The third-order valence-electron chi connectivity index (χ3n) is 3.22. The van der Waals surface area contributed by atoms with Gasteiger partial charge in [-0.3, -0.25) is 15.1 Å². The minimum Gasteiger partial charge on any atom is -0.506 e. The van der Waals surface area contributed by atoms with E-state index in [4.69, 9.17) is 11.6 Å². The first-order valence-corrected chi connectivity index (χ1v) is 6.99. The van der Waals surface area contributed by atoms with Gasteiger partial charge < -0.3 is 5.11 Å². The van der Waals surface area contributed by atoms with Crippen molar-refractivity contribution in [3.63, 3.8) is 0 Å². The molecule has 1 heterocycles. The van der Waals surface area contributed by atoms with E-state index in [0.29, 0.717) is 5.56 Å². The second kappa shape index (κ2) is 6.02. The summed E-state index contributed by atoms with van der Waals surface area (Å²) >= 11 is 6.12. The topological polar surface area (TPSA) is 88.6 Å². The molecule has 6 nitrogen and oxygen atoms in total. The van der Waals surface area contributed by atoms with Crippen molar-refractivity contribution in [2.45, 2.75) is 0 Å². The van der Waals surface area contributed by atoms with Crippen LogP contribution in [0.2, 0.25) is 5.15 Å². The Hall–Kier alpha value is -2.99. The molecule has 0 amide bonds. The van der Waals surface area contributed by atoms with Crippen LogP contribution in [0.4, 0.5) is 11.4 Å². The Morgan fingerprint density at radius 1 is 1.22 bits per heavy atom. The molecule has 0 fully saturated rings. The number of nitro benzene ring substituents is 1. The highest BCUT2D eigenvalue weighted by Gasteiger charge is 2.09. The molecule has 3 rings (SSSR count). The maximum absolute atomic E-state index is 10.8. The zero-order chi connectivity index (χ0) is 16.4. The molecule has 0 spiro atoms. The lowest BCUT2D eigenvalue weighted by Gasteiger charge is -2.02. The highest BCUT2D eigenvalue weighted by Crippen LogP contribution is 2.30. The number of hydrogen-bond donors (Lipinski definition) is 1. The van der Waals surface area contributed by atoms with Crippen molar-refractivity contribution in [3.05, 3.63) is 69.4 Å². The Morgan fingerprint density at radius 3 is 2.78 bits per heavy atom. The number of rotatable bonds is 3. The molecule has 3 aromatic rings. The van der Waals surface area contributed by atoms with Gasteiger partial charge in [-0.15, -0.1) is 0 Å². The lowest BCUT2D eigenvalue weighted by atomic mass is 10.2. The van der Waals surface area contributed by atoms with Crippen molar-refractivity contribution in [2.24, 2.45) is 4.99 Å². The second-order valence-electron chi connectivity index (χ2n) is 4.75. The number of nitro groups is 1. The van der Waals surface area contributed by atoms with Gasteiger partial charge in [-0.25, -0.2) is 4.98 Å². The van der Waals surface area contributed by atoms with Crippen LogP contribution < -0.4 is 0 Å². The summed E-state index contributed by atoms with van der Waals surface area (Å²) in [6.45, 7) is 0. The van der Waals surface area contributed by atoms with E-state index in [1.54, 1.807) is 0 Å². The molecule has 0 atom stereocenters. The fraction of sp³-hybridized carbons (Fsp3) is 0. The highest BCUT2D eigenvalue weighted by molar-refractivity contribution is 6.32. The third kappa shape index (κ3) is 3.12. The van der Waals surface area contributed by atoms with Gasteiger partial charge in [0, 0.05) is 29.3 Å². The molecule has 0 radical (unpaired) electrons. The summed E-state index contributed by atoms with van der Waals surface area (Å²) in [5.41, 5.74) is 1.24. The van der Waals surface area contributed by atoms with Crippen molar-refractivity contribution in [2.75, 3.05) is 0 Å². The molecule has 0 bridgehead atoms. The normalized spacial score (nSPS) is 11.2. The van der Waals surface area contributed by atoms with Crippen molar-refractivity contribution < 1.29 is 10.0 Å². The zero-order valence-corrected chi connectivity index (χ0v) is 12.4. The van der Waals surface area contributed by atoms with Crippen LogP contribution in [-0.2, 0) is 0 Å². The number of non-ortho nitro benzene ring substituents is 1. The molecule has 0 aliphatic rings. The number of nitrogens with zero attached hydrogens (tertiary/aromatic N) is 3. The predicted molar refractivity (Wildman–Crippen MR) is 88.8 cm³/mol. The van der Waals surface area contributed by atoms with Crippen LogP contribution in [0.5, 0.6) is 5.75 Å². The second-order valence-corrected chi connectivity index (χ2v) is 5.11. The number of aromatic hydroxyl groups is 1. The molecule has 23 heavy (non-hydrogen) atoms. The number of phenolic OH excluding ortho intramolecular Hbond substituents is 1. The van der Waals surface area contributed by atoms with Crippen LogP contribution in [0.15, 0.2) is 53.5 Å². The number of aromatic nitrogens is 1. The summed E-state index contributed by atoms with van der Waals surface area (Å²) in [6, 6.07) is 12.9. The average molecular weight is 328 g/mol. The summed E-state index contributed by atoms with van der Waals surface area (Å²) in [5, 5.41) is 21.7. The van der Waals surface area contributed by atoms with Crippen molar-refractivity contribution >= 4 is 40.1 Å². The molecule has 0 saturated carbocycles. The number of para-hydroxylation sites is 1. The average Bonchev–Trinajstić information content (AvgIpc) is 2.54. The van der Waals surface area contributed by atoms with Crippen LogP contribution in [0.1, 0.15) is 5.56 Å². The van der Waals surface area contributed by atoms with E-state index in [9.17, 15) is 15.2 Å². The summed E-state index contributed by atoms with van der Waals surface area (Å²) in [5.74, 6) is -0.156. The van der Waals surface area contributed by atoms with E-state index in [-0.39, 0.29) is 22.3 Å². The van der Waals surface area contributed by atoms with E-state index >= 15 is 0 Å². The van der Waals surface area contributed by atoms with Crippen molar-refractivity contribution in [3.8, 4) is 5.75 Å². The lowest BCUT2D eigenvalue weighted by molar-refractivity contribution is -0.384. The van der Waals surface area contributed by atoms with E-state index in [0.717, 1.165) is 10.9 Å². The number of halogens is 1. The minimum absolute atomic E-state index is 0.0865. The van der Waals surface area contributed by atoms with Gasteiger partial charge in [-0.05, 0) is 18.2 Å². The number of benzene rings is 2. The van der Waals surface area contributed by atoms with Gasteiger partial charge in [0.05, 0.1) is 10.4 Å². The molecule has 0 aliphatic heterocycles. The number of phenols is 1. The summed E-state index contributed by atoms with van der Waals surface area (Å²) in [7, 11) is 0. The summed E-state index contributed by atoms with van der Waals surface area (Å²) in [4.78, 5) is 18.6. The Kier molecular flexibility index (Phi) is 3.91. The third-order valence-corrected chi connectivity index (χ3v) is 3.52. The molecule has 0 unspecified atom stereocenters. The number of aliphatic imine (C=N–C) groups is 1. The van der Waals surface area contributed by atoms with Crippen molar-refractivity contribution in [1.82, 2.24) is 4.98 Å². The minimum atomic E-state index is -0.553. The molecular weight excluding hydrogens is 318 g/mol. The van der Waals surface area contributed by atoms with Crippen LogP contribution >= 0.6 is 11.6 Å². The zero-order valence-electron chi connectivity index (χ0n) is 11.7. The fourth-order valence-electron chi connectivity index (χ4n) is 2.07. The number of fused-ring (bicyclic) bond motifs is 1. The molecule has 1 aromatic heterocycles. The molecule has 0 saturated heterocycles.